The summed E-state index contributed by atoms with van der Waals surface area (Å²) in [5.41, 5.74) is 2.82. The standard InChI is InChI=1S/C10H17N/c1-4-5-7-11-8-6-9(2)10(11)3/h6,8H,4-5,7H2,1-3H3. The first-order valence-corrected chi connectivity index (χ1v) is 4.38. The van der Waals surface area contributed by atoms with Crippen molar-refractivity contribution in [1.29, 1.82) is 0 Å². The van der Waals surface area contributed by atoms with Crippen molar-refractivity contribution in [1.82, 2.24) is 4.57 Å². The quantitative estimate of drug-likeness (QED) is 0.626. The minimum Gasteiger partial charge on any atom is -0.351 e. The number of rotatable bonds is 3. The van der Waals surface area contributed by atoms with E-state index in [1.165, 1.54) is 30.6 Å². The summed E-state index contributed by atoms with van der Waals surface area (Å²) in [7, 11) is 0. The SMILES string of the molecule is CCCCn1ccc(C)c1C. The van der Waals surface area contributed by atoms with Gasteiger partial charge in [0.15, 0.2) is 0 Å². The van der Waals surface area contributed by atoms with Gasteiger partial charge in [-0.05, 0) is 31.9 Å². The molecule has 0 unspecified atom stereocenters. The molecule has 0 atom stereocenters. The predicted octanol–water partition coefficient (Wildman–Crippen LogP) is 2.91. The topological polar surface area (TPSA) is 4.93 Å². The molecule has 1 aromatic heterocycles. The van der Waals surface area contributed by atoms with E-state index in [1.807, 2.05) is 0 Å². The van der Waals surface area contributed by atoms with Crippen LogP contribution in [-0.4, -0.2) is 4.57 Å². The number of aryl methyl sites for hydroxylation is 2. The zero-order valence-corrected chi connectivity index (χ0v) is 7.72. The Balaban J connectivity index is 2.63. The number of aromatic nitrogens is 1. The Morgan fingerprint density at radius 1 is 1.36 bits per heavy atom. The van der Waals surface area contributed by atoms with Crippen LogP contribution in [0.3, 0.4) is 0 Å². The third kappa shape index (κ3) is 1.86. The first-order valence-electron chi connectivity index (χ1n) is 4.38. The molecule has 0 aromatic carbocycles. The Kier molecular flexibility index (Phi) is 2.75. The molecule has 1 rings (SSSR count). The lowest BCUT2D eigenvalue weighted by Crippen LogP contribution is -1.98. The van der Waals surface area contributed by atoms with E-state index in [4.69, 9.17) is 0 Å². The van der Waals surface area contributed by atoms with Gasteiger partial charge in [0, 0.05) is 18.4 Å². The maximum absolute atomic E-state index is 2.33. The van der Waals surface area contributed by atoms with E-state index in [9.17, 15) is 0 Å². The second-order valence-electron chi connectivity index (χ2n) is 3.13. The van der Waals surface area contributed by atoms with Gasteiger partial charge in [0.2, 0.25) is 0 Å². The zero-order valence-electron chi connectivity index (χ0n) is 7.72. The molecule has 0 aliphatic heterocycles. The molecule has 1 heterocycles. The molecule has 1 nitrogen and oxygen atoms in total. The Hall–Kier alpha value is -0.720. The lowest BCUT2D eigenvalue weighted by atomic mass is 10.3. The van der Waals surface area contributed by atoms with Crippen molar-refractivity contribution in [3.63, 3.8) is 0 Å². The van der Waals surface area contributed by atoms with Crippen LogP contribution in [0.2, 0.25) is 0 Å². The van der Waals surface area contributed by atoms with Gasteiger partial charge in [-0.1, -0.05) is 13.3 Å². The van der Waals surface area contributed by atoms with Gasteiger partial charge < -0.3 is 4.57 Å². The Morgan fingerprint density at radius 2 is 2.09 bits per heavy atom. The zero-order chi connectivity index (χ0) is 8.27. The second kappa shape index (κ2) is 3.61. The largest absolute Gasteiger partial charge is 0.351 e. The molecule has 0 N–H and O–H groups in total. The maximum atomic E-state index is 2.33. The first-order chi connectivity index (χ1) is 5.25. The molecule has 11 heavy (non-hydrogen) atoms. The monoisotopic (exact) mass is 151 g/mol. The van der Waals surface area contributed by atoms with Crippen molar-refractivity contribution < 1.29 is 0 Å². The van der Waals surface area contributed by atoms with E-state index in [-0.39, 0.29) is 0 Å². The maximum Gasteiger partial charge on any atom is 0.0222 e. The number of unbranched alkanes of at least 4 members (excludes halogenated alkanes) is 1. The average molecular weight is 151 g/mol. The highest BCUT2D eigenvalue weighted by Gasteiger charge is 1.97. The molecule has 0 aliphatic carbocycles. The average Bonchev–Trinajstić information content (AvgIpc) is 2.31. The van der Waals surface area contributed by atoms with Crippen molar-refractivity contribution in [2.24, 2.45) is 0 Å². The van der Waals surface area contributed by atoms with E-state index < -0.39 is 0 Å². The highest BCUT2D eigenvalue weighted by molar-refractivity contribution is 5.18. The van der Waals surface area contributed by atoms with Gasteiger partial charge in [-0.25, -0.2) is 0 Å². The van der Waals surface area contributed by atoms with Crippen molar-refractivity contribution in [3.8, 4) is 0 Å². The summed E-state index contributed by atoms with van der Waals surface area (Å²) in [6.45, 7) is 7.75. The smallest absolute Gasteiger partial charge is 0.0222 e. The molecular weight excluding hydrogens is 134 g/mol. The highest BCUT2D eigenvalue weighted by atomic mass is 15.0. The molecule has 0 aliphatic rings. The van der Waals surface area contributed by atoms with Gasteiger partial charge in [-0.15, -0.1) is 0 Å². The number of hydrogen-bond acceptors (Lipinski definition) is 0. The van der Waals surface area contributed by atoms with Crippen LogP contribution >= 0.6 is 0 Å². The third-order valence-corrected chi connectivity index (χ3v) is 2.26. The van der Waals surface area contributed by atoms with Gasteiger partial charge in [0.1, 0.15) is 0 Å². The summed E-state index contributed by atoms with van der Waals surface area (Å²) in [6, 6.07) is 2.19. The normalized spacial score (nSPS) is 10.5. The Morgan fingerprint density at radius 3 is 2.55 bits per heavy atom. The van der Waals surface area contributed by atoms with Crippen LogP contribution in [0.5, 0.6) is 0 Å². The van der Waals surface area contributed by atoms with Gasteiger partial charge in [0.25, 0.3) is 0 Å². The molecule has 0 bridgehead atoms. The van der Waals surface area contributed by atoms with Crippen molar-refractivity contribution in [2.75, 3.05) is 0 Å². The van der Waals surface area contributed by atoms with Crippen LogP contribution in [-0.2, 0) is 6.54 Å². The molecule has 0 saturated carbocycles. The molecule has 0 radical (unpaired) electrons. The van der Waals surface area contributed by atoms with Crippen LogP contribution < -0.4 is 0 Å². The second-order valence-corrected chi connectivity index (χ2v) is 3.13. The predicted molar refractivity (Wildman–Crippen MR) is 48.8 cm³/mol. The summed E-state index contributed by atoms with van der Waals surface area (Å²) >= 11 is 0. The van der Waals surface area contributed by atoms with Crippen LogP contribution in [0.4, 0.5) is 0 Å². The highest BCUT2D eigenvalue weighted by Crippen LogP contribution is 2.08. The number of hydrogen-bond donors (Lipinski definition) is 0. The van der Waals surface area contributed by atoms with E-state index in [1.54, 1.807) is 0 Å². The summed E-state index contributed by atoms with van der Waals surface area (Å²) in [5, 5.41) is 0. The summed E-state index contributed by atoms with van der Waals surface area (Å²) < 4.78 is 2.33. The molecule has 0 spiro atoms. The molecule has 62 valence electrons. The molecular formula is C10H17N. The van der Waals surface area contributed by atoms with Gasteiger partial charge in [-0.3, -0.25) is 0 Å². The first kappa shape index (κ1) is 8.38. The number of nitrogens with zero attached hydrogens (tertiary/aromatic N) is 1. The van der Waals surface area contributed by atoms with Gasteiger partial charge in [0.05, 0.1) is 0 Å². The Bertz CT molecular complexity index is 223. The van der Waals surface area contributed by atoms with E-state index in [0.29, 0.717) is 0 Å². The lowest BCUT2D eigenvalue weighted by Gasteiger charge is -2.04. The lowest BCUT2D eigenvalue weighted by molar-refractivity contribution is 0.621. The minimum absolute atomic E-state index is 1.18. The van der Waals surface area contributed by atoms with Crippen LogP contribution in [0.1, 0.15) is 31.0 Å². The van der Waals surface area contributed by atoms with Crippen molar-refractivity contribution in [3.05, 3.63) is 23.5 Å². The van der Waals surface area contributed by atoms with Crippen LogP contribution in [0.15, 0.2) is 12.3 Å². The minimum atomic E-state index is 1.18. The summed E-state index contributed by atoms with van der Waals surface area (Å²) in [5.74, 6) is 0. The van der Waals surface area contributed by atoms with Crippen LogP contribution in [0.25, 0.3) is 0 Å². The van der Waals surface area contributed by atoms with Crippen LogP contribution in [0, 0.1) is 13.8 Å². The summed E-state index contributed by atoms with van der Waals surface area (Å²) in [6.07, 6.45) is 4.74. The fourth-order valence-electron chi connectivity index (χ4n) is 1.23. The van der Waals surface area contributed by atoms with Gasteiger partial charge >= 0.3 is 0 Å². The van der Waals surface area contributed by atoms with Gasteiger partial charge in [-0.2, -0.15) is 0 Å². The van der Waals surface area contributed by atoms with E-state index in [0.717, 1.165) is 0 Å². The van der Waals surface area contributed by atoms with Crippen molar-refractivity contribution >= 4 is 0 Å². The molecule has 0 fully saturated rings. The fourth-order valence-corrected chi connectivity index (χ4v) is 1.23. The summed E-state index contributed by atoms with van der Waals surface area (Å²) in [4.78, 5) is 0. The Labute approximate surface area is 69.0 Å². The molecule has 0 amide bonds. The van der Waals surface area contributed by atoms with Crippen molar-refractivity contribution in [2.45, 2.75) is 40.2 Å². The van der Waals surface area contributed by atoms with E-state index >= 15 is 0 Å². The molecule has 1 heteroatoms. The third-order valence-electron chi connectivity index (χ3n) is 2.26. The fraction of sp³-hybridized carbons (Fsp3) is 0.600. The molecule has 0 saturated heterocycles. The van der Waals surface area contributed by atoms with E-state index in [2.05, 4.69) is 37.6 Å². The molecule has 1 aromatic rings.